The molecule has 0 saturated heterocycles. The lowest BCUT2D eigenvalue weighted by Crippen LogP contribution is -2.46. The lowest BCUT2D eigenvalue weighted by molar-refractivity contribution is -0.125. The smallest absolute Gasteiger partial charge is 0.255 e. The molecule has 5 rings (SSSR count). The number of amides is 2. The lowest BCUT2D eigenvalue weighted by atomic mass is 10.0. The molecule has 2 unspecified atom stereocenters. The van der Waals surface area contributed by atoms with Crippen LogP contribution in [0.25, 0.3) is 11.3 Å². The van der Waals surface area contributed by atoms with E-state index in [1.807, 2.05) is 51.2 Å². The summed E-state index contributed by atoms with van der Waals surface area (Å²) in [6.07, 6.45) is 4.98. The molecule has 2 N–H and O–H groups in total. The largest absolute Gasteiger partial charge is 0.346 e. The van der Waals surface area contributed by atoms with E-state index in [-0.39, 0.29) is 17.9 Å². The van der Waals surface area contributed by atoms with Gasteiger partial charge in [0.2, 0.25) is 11.9 Å². The standard InChI is InChI=1S/C27H27ClN8O2/c1-15-6-5-7-23(31-15)16(2)32-25(37)17(3)36-13-19-9-8-18(10-21(19)26(36)38)24-22(28)12-29-27(34-24)33-20-11-30-35(4)14-20/h5-12,14,16-17H,13H2,1-4H3,(H,32,37)(H,29,33,34). The monoisotopic (exact) mass is 530 g/mol. The number of hydrogen-bond donors (Lipinski definition) is 2. The van der Waals surface area contributed by atoms with Gasteiger partial charge in [-0.05, 0) is 44.5 Å². The van der Waals surface area contributed by atoms with Crippen molar-refractivity contribution in [3.8, 4) is 11.3 Å². The van der Waals surface area contributed by atoms with Crippen LogP contribution >= 0.6 is 11.6 Å². The molecule has 1 aliphatic rings. The number of nitrogens with zero attached hydrogens (tertiary/aromatic N) is 6. The van der Waals surface area contributed by atoms with Gasteiger partial charge < -0.3 is 15.5 Å². The number of anilines is 2. The molecule has 0 fully saturated rings. The van der Waals surface area contributed by atoms with E-state index >= 15 is 0 Å². The first-order valence-electron chi connectivity index (χ1n) is 12.2. The maximum atomic E-state index is 13.4. The number of carbonyl (C=O) groups is 2. The number of aromatic nitrogens is 5. The fourth-order valence-electron chi connectivity index (χ4n) is 4.38. The van der Waals surface area contributed by atoms with Gasteiger partial charge in [-0.3, -0.25) is 19.3 Å². The molecule has 1 aliphatic heterocycles. The maximum Gasteiger partial charge on any atom is 0.255 e. The van der Waals surface area contributed by atoms with Gasteiger partial charge in [0.25, 0.3) is 5.91 Å². The normalized spacial score (nSPS) is 14.2. The number of nitrogens with one attached hydrogen (secondary N) is 2. The van der Waals surface area contributed by atoms with E-state index in [0.717, 1.165) is 22.6 Å². The topological polar surface area (TPSA) is 118 Å². The number of halogens is 1. The summed E-state index contributed by atoms with van der Waals surface area (Å²) in [7, 11) is 1.82. The van der Waals surface area contributed by atoms with Gasteiger partial charge in [-0.2, -0.15) is 5.10 Å². The average molecular weight is 531 g/mol. The van der Waals surface area contributed by atoms with Crippen molar-refractivity contribution in [2.24, 2.45) is 7.05 Å². The Morgan fingerprint density at radius 1 is 1.13 bits per heavy atom. The molecule has 10 nitrogen and oxygen atoms in total. The zero-order chi connectivity index (χ0) is 27.0. The van der Waals surface area contributed by atoms with E-state index < -0.39 is 6.04 Å². The zero-order valence-electron chi connectivity index (χ0n) is 21.4. The molecule has 38 heavy (non-hydrogen) atoms. The van der Waals surface area contributed by atoms with E-state index in [4.69, 9.17) is 11.6 Å². The van der Waals surface area contributed by atoms with Gasteiger partial charge >= 0.3 is 0 Å². The Morgan fingerprint density at radius 3 is 2.68 bits per heavy atom. The second-order valence-electron chi connectivity index (χ2n) is 9.33. The van der Waals surface area contributed by atoms with Gasteiger partial charge in [0.05, 0.1) is 40.5 Å². The molecule has 0 bridgehead atoms. The molecule has 4 heterocycles. The molecule has 0 saturated carbocycles. The summed E-state index contributed by atoms with van der Waals surface area (Å²) in [6.45, 7) is 5.85. The highest BCUT2D eigenvalue weighted by molar-refractivity contribution is 6.33. The van der Waals surface area contributed by atoms with Crippen LogP contribution in [0.5, 0.6) is 0 Å². The van der Waals surface area contributed by atoms with Gasteiger partial charge in [0, 0.05) is 36.6 Å². The molecule has 2 amide bonds. The third kappa shape index (κ3) is 5.08. The fourth-order valence-corrected chi connectivity index (χ4v) is 4.58. The van der Waals surface area contributed by atoms with Gasteiger partial charge in [0.15, 0.2) is 0 Å². The molecular formula is C27H27ClN8O2. The molecule has 0 aliphatic carbocycles. The second kappa shape index (κ2) is 10.2. The van der Waals surface area contributed by atoms with Crippen LogP contribution < -0.4 is 10.6 Å². The fraction of sp³-hybridized carbons (Fsp3) is 0.259. The molecule has 3 aromatic heterocycles. The molecule has 2 atom stereocenters. The van der Waals surface area contributed by atoms with E-state index in [1.165, 1.54) is 6.20 Å². The van der Waals surface area contributed by atoms with Gasteiger partial charge in [-0.1, -0.05) is 29.8 Å². The number of hydrogen-bond acceptors (Lipinski definition) is 7. The molecule has 0 radical (unpaired) electrons. The molecule has 11 heteroatoms. The first kappa shape index (κ1) is 25.3. The predicted molar refractivity (Wildman–Crippen MR) is 144 cm³/mol. The first-order chi connectivity index (χ1) is 18.2. The number of fused-ring (bicyclic) bond motifs is 1. The van der Waals surface area contributed by atoms with Crippen molar-refractivity contribution in [1.82, 2.24) is 34.9 Å². The Bertz CT molecular complexity index is 1540. The van der Waals surface area contributed by atoms with Crippen molar-refractivity contribution >= 4 is 35.1 Å². The maximum absolute atomic E-state index is 13.4. The number of pyridine rings is 1. The molecule has 194 valence electrons. The Morgan fingerprint density at radius 2 is 1.95 bits per heavy atom. The van der Waals surface area contributed by atoms with E-state index in [1.54, 1.807) is 35.0 Å². The van der Waals surface area contributed by atoms with E-state index in [0.29, 0.717) is 34.3 Å². The van der Waals surface area contributed by atoms with Crippen LogP contribution in [0.4, 0.5) is 11.6 Å². The SMILES string of the molecule is Cc1cccc(C(C)NC(=O)C(C)N2Cc3ccc(-c4nc(Nc5cnn(C)c5)ncc4Cl)cc3C2=O)n1. The van der Waals surface area contributed by atoms with Crippen molar-refractivity contribution in [3.63, 3.8) is 0 Å². The van der Waals surface area contributed by atoms with Gasteiger partial charge in [-0.15, -0.1) is 0 Å². The predicted octanol–water partition coefficient (Wildman–Crippen LogP) is 4.20. The molecule has 1 aromatic carbocycles. The number of rotatable bonds is 7. The van der Waals surface area contributed by atoms with Crippen LogP contribution in [0.15, 0.2) is 55.0 Å². The van der Waals surface area contributed by atoms with Crippen LogP contribution in [0, 0.1) is 6.92 Å². The number of carbonyl (C=O) groups excluding carboxylic acids is 2. The van der Waals surface area contributed by atoms with Gasteiger partial charge in [0.1, 0.15) is 6.04 Å². The van der Waals surface area contributed by atoms with Crippen molar-refractivity contribution in [1.29, 1.82) is 0 Å². The van der Waals surface area contributed by atoms with Crippen molar-refractivity contribution in [2.75, 3.05) is 5.32 Å². The Labute approximate surface area is 225 Å². The minimum atomic E-state index is -0.663. The molecule has 0 spiro atoms. The van der Waals surface area contributed by atoms with E-state index in [9.17, 15) is 9.59 Å². The molecular weight excluding hydrogens is 504 g/mol. The zero-order valence-corrected chi connectivity index (χ0v) is 22.2. The van der Waals surface area contributed by atoms with Crippen LogP contribution in [0.1, 0.15) is 47.2 Å². The summed E-state index contributed by atoms with van der Waals surface area (Å²) < 4.78 is 1.67. The first-order valence-corrected chi connectivity index (χ1v) is 12.5. The summed E-state index contributed by atoms with van der Waals surface area (Å²) in [5.74, 6) is -0.106. The quantitative estimate of drug-likeness (QED) is 0.367. The van der Waals surface area contributed by atoms with Crippen LogP contribution in [0.2, 0.25) is 5.02 Å². The average Bonchev–Trinajstić information content (AvgIpc) is 3.46. The highest BCUT2D eigenvalue weighted by Gasteiger charge is 2.34. The number of benzene rings is 1. The van der Waals surface area contributed by atoms with E-state index in [2.05, 4.69) is 30.7 Å². The second-order valence-corrected chi connectivity index (χ2v) is 9.74. The lowest BCUT2D eigenvalue weighted by Gasteiger charge is -2.25. The number of aryl methyl sites for hydroxylation is 2. The minimum absolute atomic E-state index is 0.218. The van der Waals surface area contributed by atoms with Crippen LogP contribution in [-0.2, 0) is 18.4 Å². The third-order valence-corrected chi connectivity index (χ3v) is 6.76. The highest BCUT2D eigenvalue weighted by atomic mass is 35.5. The minimum Gasteiger partial charge on any atom is -0.346 e. The van der Waals surface area contributed by atoms with Crippen molar-refractivity contribution in [3.05, 3.63) is 82.5 Å². The Kier molecular flexibility index (Phi) is 6.81. The summed E-state index contributed by atoms with van der Waals surface area (Å²) in [5, 5.41) is 10.6. The summed E-state index contributed by atoms with van der Waals surface area (Å²) in [5.41, 5.74) is 4.91. The van der Waals surface area contributed by atoms with Crippen molar-refractivity contribution < 1.29 is 9.59 Å². The van der Waals surface area contributed by atoms with Crippen LogP contribution in [0.3, 0.4) is 0 Å². The Balaban J connectivity index is 1.33. The summed E-state index contributed by atoms with van der Waals surface area (Å²) in [6, 6.07) is 10.2. The van der Waals surface area contributed by atoms with Crippen LogP contribution in [-0.4, -0.2) is 47.5 Å². The molecule has 4 aromatic rings. The van der Waals surface area contributed by atoms with Gasteiger partial charge in [-0.25, -0.2) is 9.97 Å². The Hall–Kier alpha value is -4.31. The summed E-state index contributed by atoms with van der Waals surface area (Å²) in [4.78, 5) is 41.3. The highest BCUT2D eigenvalue weighted by Crippen LogP contribution is 2.32. The summed E-state index contributed by atoms with van der Waals surface area (Å²) >= 11 is 6.43. The van der Waals surface area contributed by atoms with Crippen molar-refractivity contribution in [2.45, 2.75) is 39.4 Å². The third-order valence-electron chi connectivity index (χ3n) is 6.48.